The van der Waals surface area contributed by atoms with E-state index in [1.165, 1.54) is 10.6 Å². The van der Waals surface area contributed by atoms with E-state index in [4.69, 9.17) is 7.85 Å². The number of thiol groups is 1. The molecule has 0 saturated heterocycles. The Balaban J connectivity index is 3.23. The van der Waals surface area contributed by atoms with Crippen molar-refractivity contribution >= 4 is 26.1 Å². The first-order valence-electron chi connectivity index (χ1n) is 3.92. The highest BCUT2D eigenvalue weighted by molar-refractivity contribution is 7.78. The van der Waals surface area contributed by atoms with Crippen LogP contribution in [0, 0.1) is 0 Å². The number of rotatable bonds is 2. The molecular formula is C8H11BN2OS. The van der Waals surface area contributed by atoms with E-state index >= 15 is 0 Å². The number of hydrogen-bond donors (Lipinski definition) is 2. The molecule has 0 aliphatic carbocycles. The Hall–Kier alpha value is -0.675. The minimum absolute atomic E-state index is 0.0303. The van der Waals surface area contributed by atoms with Crippen LogP contribution in [0.25, 0.3) is 0 Å². The zero-order valence-corrected chi connectivity index (χ0v) is 8.51. The van der Waals surface area contributed by atoms with Crippen molar-refractivity contribution in [2.45, 2.75) is 13.0 Å². The lowest BCUT2D eigenvalue weighted by atomic mass is 9.90. The summed E-state index contributed by atoms with van der Waals surface area (Å²) in [6, 6.07) is 1.49. The Morgan fingerprint density at radius 3 is 2.85 bits per heavy atom. The molecule has 0 amide bonds. The zero-order valence-electron chi connectivity index (χ0n) is 7.61. The van der Waals surface area contributed by atoms with Gasteiger partial charge in [0.2, 0.25) is 0 Å². The van der Waals surface area contributed by atoms with Crippen LogP contribution in [0.3, 0.4) is 0 Å². The Morgan fingerprint density at radius 1 is 1.69 bits per heavy atom. The van der Waals surface area contributed by atoms with E-state index < -0.39 is 0 Å². The Morgan fingerprint density at radius 2 is 2.31 bits per heavy atom. The summed E-state index contributed by atoms with van der Waals surface area (Å²) < 4.78 is 4.18. The zero-order chi connectivity index (χ0) is 10.0. The second-order valence-corrected chi connectivity index (χ2v) is 3.24. The van der Waals surface area contributed by atoms with E-state index in [1.54, 1.807) is 13.2 Å². The number of nitrogens with one attached hydrogen (secondary N) is 1. The van der Waals surface area contributed by atoms with Gasteiger partial charge in [-0.3, -0.25) is 9.52 Å². The minimum atomic E-state index is -0.0698. The van der Waals surface area contributed by atoms with Crippen LogP contribution < -0.4 is 15.7 Å². The molecule has 5 heteroatoms. The van der Waals surface area contributed by atoms with Crippen molar-refractivity contribution in [1.29, 1.82) is 0 Å². The Bertz CT molecular complexity index is 364. The van der Waals surface area contributed by atoms with Gasteiger partial charge in [-0.05, 0) is 12.5 Å². The lowest BCUT2D eigenvalue weighted by molar-refractivity contribution is 0.750. The molecule has 3 nitrogen and oxygen atoms in total. The Kier molecular flexibility index (Phi) is 3.22. The highest BCUT2D eigenvalue weighted by Crippen LogP contribution is 2.06. The first-order chi connectivity index (χ1) is 6.06. The molecule has 1 aromatic heterocycles. The number of aryl methyl sites for hydroxylation is 1. The molecule has 1 atom stereocenters. The molecule has 0 fully saturated rings. The number of aromatic nitrogens is 1. The van der Waals surface area contributed by atoms with Gasteiger partial charge < -0.3 is 4.57 Å². The highest BCUT2D eigenvalue weighted by Gasteiger charge is 2.07. The van der Waals surface area contributed by atoms with Gasteiger partial charge in [0.15, 0.2) is 0 Å². The summed E-state index contributed by atoms with van der Waals surface area (Å²) in [6.07, 6.45) is 1.61. The largest absolute Gasteiger partial charge is 0.319 e. The molecule has 0 aliphatic rings. The molecule has 0 unspecified atom stereocenters. The van der Waals surface area contributed by atoms with E-state index in [-0.39, 0.29) is 11.6 Å². The summed E-state index contributed by atoms with van der Waals surface area (Å²) in [5.41, 5.74) is 1.30. The molecule has 0 spiro atoms. The molecule has 0 saturated carbocycles. The van der Waals surface area contributed by atoms with E-state index in [0.717, 1.165) is 5.56 Å². The van der Waals surface area contributed by atoms with Crippen LogP contribution in [-0.2, 0) is 7.05 Å². The first kappa shape index (κ1) is 10.4. The second kappa shape index (κ2) is 4.02. The predicted molar refractivity (Wildman–Crippen MR) is 57.6 cm³/mol. The molecule has 13 heavy (non-hydrogen) atoms. The maximum atomic E-state index is 11.3. The second-order valence-electron chi connectivity index (χ2n) is 2.98. The topological polar surface area (TPSA) is 34.0 Å². The van der Waals surface area contributed by atoms with Crippen LogP contribution in [0.5, 0.6) is 0 Å². The van der Waals surface area contributed by atoms with Crippen molar-refractivity contribution in [3.05, 3.63) is 28.2 Å². The molecule has 68 valence electrons. The van der Waals surface area contributed by atoms with Gasteiger partial charge >= 0.3 is 0 Å². The van der Waals surface area contributed by atoms with Gasteiger partial charge in [-0.1, -0.05) is 18.3 Å². The fraction of sp³-hybridized carbons (Fsp3) is 0.375. The van der Waals surface area contributed by atoms with Crippen LogP contribution >= 0.6 is 12.8 Å². The minimum Gasteiger partial charge on any atom is -0.319 e. The van der Waals surface area contributed by atoms with Gasteiger partial charge in [0.25, 0.3) is 5.56 Å². The van der Waals surface area contributed by atoms with Crippen molar-refractivity contribution in [3.63, 3.8) is 0 Å². The van der Waals surface area contributed by atoms with Crippen molar-refractivity contribution in [3.8, 4) is 0 Å². The molecule has 0 aromatic carbocycles. The van der Waals surface area contributed by atoms with Crippen molar-refractivity contribution in [2.24, 2.45) is 7.05 Å². The molecular weight excluding hydrogens is 183 g/mol. The van der Waals surface area contributed by atoms with Crippen LogP contribution in [0.2, 0.25) is 0 Å². The smallest absolute Gasteiger partial charge is 0.250 e. The standard InChI is InChI=1S/C8H11BN2OS/c1-5(10-13)6-3-8(12)11(2)4-7(6)9/h3-5,10,13H,1-2H3/t5-/m0/s1. The van der Waals surface area contributed by atoms with Gasteiger partial charge in [0.05, 0.1) is 0 Å². The van der Waals surface area contributed by atoms with Crippen LogP contribution in [0.15, 0.2) is 17.1 Å². The van der Waals surface area contributed by atoms with E-state index in [1.807, 2.05) is 6.92 Å². The van der Waals surface area contributed by atoms with E-state index in [2.05, 4.69) is 17.5 Å². The molecule has 1 heterocycles. The van der Waals surface area contributed by atoms with Gasteiger partial charge in [-0.25, -0.2) is 0 Å². The quantitative estimate of drug-likeness (QED) is 0.499. The number of nitrogens with zero attached hydrogens (tertiary/aromatic N) is 1. The lowest BCUT2D eigenvalue weighted by Gasteiger charge is -2.13. The maximum absolute atomic E-state index is 11.3. The predicted octanol–water partition coefficient (Wildman–Crippen LogP) is -0.326. The monoisotopic (exact) mass is 194 g/mol. The molecule has 1 aromatic rings. The van der Waals surface area contributed by atoms with Crippen LogP contribution in [0.4, 0.5) is 0 Å². The normalized spacial score (nSPS) is 12.8. The summed E-state index contributed by atoms with van der Waals surface area (Å²) >= 11 is 3.92. The van der Waals surface area contributed by atoms with Crippen LogP contribution in [-0.4, -0.2) is 12.4 Å². The van der Waals surface area contributed by atoms with Gasteiger partial charge in [0.1, 0.15) is 7.85 Å². The highest BCUT2D eigenvalue weighted by atomic mass is 32.1. The molecule has 1 N–H and O–H groups in total. The fourth-order valence-corrected chi connectivity index (χ4v) is 1.25. The summed E-state index contributed by atoms with van der Waals surface area (Å²) in [5, 5.41) is 0. The summed E-state index contributed by atoms with van der Waals surface area (Å²) in [6.45, 7) is 1.89. The number of hydrogen-bond acceptors (Lipinski definition) is 3. The summed E-state index contributed by atoms with van der Waals surface area (Å²) in [7, 11) is 7.40. The molecule has 2 radical (unpaired) electrons. The molecule has 0 bridgehead atoms. The van der Waals surface area contributed by atoms with E-state index in [0.29, 0.717) is 5.46 Å². The third-order valence-corrected chi connectivity index (χ3v) is 2.34. The molecule has 1 rings (SSSR count). The Labute approximate surface area is 84.1 Å². The van der Waals surface area contributed by atoms with Gasteiger partial charge in [-0.15, -0.1) is 0 Å². The number of pyridine rings is 1. The van der Waals surface area contributed by atoms with Crippen LogP contribution in [0.1, 0.15) is 18.5 Å². The van der Waals surface area contributed by atoms with Crippen molar-refractivity contribution in [2.75, 3.05) is 0 Å². The fourth-order valence-electron chi connectivity index (χ4n) is 1.11. The summed E-state index contributed by atoms with van der Waals surface area (Å²) in [5.74, 6) is 0. The van der Waals surface area contributed by atoms with E-state index in [9.17, 15) is 4.79 Å². The maximum Gasteiger partial charge on any atom is 0.250 e. The molecule has 0 aliphatic heterocycles. The lowest BCUT2D eigenvalue weighted by Crippen LogP contribution is -2.28. The van der Waals surface area contributed by atoms with Crippen molar-refractivity contribution < 1.29 is 0 Å². The SMILES string of the molecule is [B]c1cn(C)c(=O)cc1[C@H](C)NS. The average Bonchev–Trinajstić information content (AvgIpc) is 2.10. The summed E-state index contributed by atoms with van der Waals surface area (Å²) in [4.78, 5) is 11.3. The van der Waals surface area contributed by atoms with Gasteiger partial charge in [0, 0.05) is 25.4 Å². The third kappa shape index (κ3) is 2.17. The first-order valence-corrected chi connectivity index (χ1v) is 4.36. The van der Waals surface area contributed by atoms with Gasteiger partial charge in [-0.2, -0.15) is 0 Å². The third-order valence-electron chi connectivity index (χ3n) is 1.95. The van der Waals surface area contributed by atoms with Crippen molar-refractivity contribution in [1.82, 2.24) is 9.29 Å². The average molecular weight is 194 g/mol.